The van der Waals surface area contributed by atoms with Crippen LogP contribution in [0.2, 0.25) is 0 Å². The van der Waals surface area contributed by atoms with Crippen LogP contribution in [0.1, 0.15) is 6.42 Å². The molecule has 18 heavy (non-hydrogen) atoms. The summed E-state index contributed by atoms with van der Waals surface area (Å²) in [4.78, 5) is 1.16. The van der Waals surface area contributed by atoms with Crippen molar-refractivity contribution in [3.63, 3.8) is 0 Å². The molecule has 3 heterocycles. The quantitative estimate of drug-likeness (QED) is 0.885. The minimum atomic E-state index is 0.712. The first-order valence-electron chi connectivity index (χ1n) is 6.24. The molecule has 0 aromatic carbocycles. The van der Waals surface area contributed by atoms with E-state index in [-0.39, 0.29) is 0 Å². The monoisotopic (exact) mass is 260 g/mol. The standard InChI is InChI=1S/C13H16N4S/c1-2-12(18-7-1)11-3-4-13(17-16-11)15-9-10-5-6-14-8-10/h1-4,7,10,14H,5-6,8-9H2,(H,15,17). The predicted molar refractivity (Wildman–Crippen MR) is 74.8 cm³/mol. The molecule has 4 nitrogen and oxygen atoms in total. The molecule has 2 aromatic heterocycles. The Bertz CT molecular complexity index is 474. The highest BCUT2D eigenvalue weighted by Gasteiger charge is 2.13. The zero-order valence-corrected chi connectivity index (χ0v) is 10.9. The SMILES string of the molecule is c1csc(-c2ccc(NCC3CCNC3)nn2)c1. The van der Waals surface area contributed by atoms with Crippen molar-refractivity contribution >= 4 is 17.2 Å². The fraction of sp³-hybridized carbons (Fsp3) is 0.385. The molecule has 5 heteroatoms. The van der Waals surface area contributed by atoms with Crippen LogP contribution in [-0.4, -0.2) is 29.8 Å². The Morgan fingerprint density at radius 2 is 2.33 bits per heavy atom. The summed E-state index contributed by atoms with van der Waals surface area (Å²) in [6.45, 7) is 3.21. The smallest absolute Gasteiger partial charge is 0.148 e. The molecule has 1 aliphatic heterocycles. The average molecular weight is 260 g/mol. The Kier molecular flexibility index (Phi) is 3.52. The van der Waals surface area contributed by atoms with Crippen LogP contribution in [0.5, 0.6) is 0 Å². The number of rotatable bonds is 4. The summed E-state index contributed by atoms with van der Waals surface area (Å²) in [6.07, 6.45) is 1.24. The fourth-order valence-electron chi connectivity index (χ4n) is 2.12. The number of thiophene rings is 1. The van der Waals surface area contributed by atoms with Crippen LogP contribution in [0.25, 0.3) is 10.6 Å². The van der Waals surface area contributed by atoms with E-state index >= 15 is 0 Å². The van der Waals surface area contributed by atoms with Crippen molar-refractivity contribution < 1.29 is 0 Å². The number of anilines is 1. The minimum Gasteiger partial charge on any atom is -0.368 e. The van der Waals surface area contributed by atoms with E-state index in [1.807, 2.05) is 18.2 Å². The van der Waals surface area contributed by atoms with Crippen molar-refractivity contribution in [2.24, 2.45) is 5.92 Å². The predicted octanol–water partition coefficient (Wildman–Crippen LogP) is 2.23. The molecule has 3 rings (SSSR count). The summed E-state index contributed by atoms with van der Waals surface area (Å²) in [5, 5.41) is 17.2. The van der Waals surface area contributed by atoms with Crippen LogP contribution in [-0.2, 0) is 0 Å². The van der Waals surface area contributed by atoms with E-state index in [1.165, 1.54) is 6.42 Å². The molecule has 1 atom stereocenters. The van der Waals surface area contributed by atoms with Gasteiger partial charge in [-0.3, -0.25) is 0 Å². The second-order valence-electron chi connectivity index (χ2n) is 4.52. The summed E-state index contributed by atoms with van der Waals surface area (Å²) in [7, 11) is 0. The summed E-state index contributed by atoms with van der Waals surface area (Å²) >= 11 is 1.68. The van der Waals surface area contributed by atoms with Crippen molar-refractivity contribution in [1.82, 2.24) is 15.5 Å². The molecular weight excluding hydrogens is 244 g/mol. The van der Waals surface area contributed by atoms with Gasteiger partial charge in [0.05, 0.1) is 4.88 Å². The molecule has 0 radical (unpaired) electrons. The largest absolute Gasteiger partial charge is 0.368 e. The molecule has 1 fully saturated rings. The topological polar surface area (TPSA) is 49.8 Å². The summed E-state index contributed by atoms with van der Waals surface area (Å²) < 4.78 is 0. The zero-order valence-electron chi connectivity index (χ0n) is 10.1. The van der Waals surface area contributed by atoms with Gasteiger partial charge in [0, 0.05) is 6.54 Å². The van der Waals surface area contributed by atoms with Gasteiger partial charge >= 0.3 is 0 Å². The van der Waals surface area contributed by atoms with Gasteiger partial charge in [0.2, 0.25) is 0 Å². The van der Waals surface area contributed by atoms with Gasteiger partial charge in [-0.25, -0.2) is 0 Å². The van der Waals surface area contributed by atoms with Crippen LogP contribution >= 0.6 is 11.3 Å². The van der Waals surface area contributed by atoms with Crippen LogP contribution in [0.4, 0.5) is 5.82 Å². The van der Waals surface area contributed by atoms with Crippen LogP contribution in [0.15, 0.2) is 29.6 Å². The van der Waals surface area contributed by atoms with Crippen molar-refractivity contribution in [3.05, 3.63) is 29.6 Å². The molecule has 0 spiro atoms. The van der Waals surface area contributed by atoms with Crippen molar-refractivity contribution in [3.8, 4) is 10.6 Å². The number of hydrogen-bond acceptors (Lipinski definition) is 5. The lowest BCUT2D eigenvalue weighted by Crippen LogP contribution is -2.17. The van der Waals surface area contributed by atoms with E-state index in [0.717, 1.165) is 36.0 Å². The van der Waals surface area contributed by atoms with E-state index in [9.17, 15) is 0 Å². The molecule has 0 aliphatic carbocycles. The van der Waals surface area contributed by atoms with E-state index in [4.69, 9.17) is 0 Å². The highest BCUT2D eigenvalue weighted by atomic mass is 32.1. The lowest BCUT2D eigenvalue weighted by molar-refractivity contribution is 0.613. The second kappa shape index (κ2) is 5.46. The van der Waals surface area contributed by atoms with Gasteiger partial charge in [0.15, 0.2) is 0 Å². The van der Waals surface area contributed by atoms with Crippen molar-refractivity contribution in [2.75, 3.05) is 25.0 Å². The maximum Gasteiger partial charge on any atom is 0.148 e. The molecule has 0 bridgehead atoms. The Labute approximate surface area is 110 Å². The second-order valence-corrected chi connectivity index (χ2v) is 5.47. The minimum absolute atomic E-state index is 0.712. The highest BCUT2D eigenvalue weighted by molar-refractivity contribution is 7.13. The van der Waals surface area contributed by atoms with Gasteiger partial charge in [-0.05, 0) is 49.0 Å². The third kappa shape index (κ3) is 2.68. The fourth-order valence-corrected chi connectivity index (χ4v) is 2.81. The molecule has 1 aliphatic rings. The van der Waals surface area contributed by atoms with E-state index in [2.05, 4.69) is 32.3 Å². The lowest BCUT2D eigenvalue weighted by Gasteiger charge is -2.09. The van der Waals surface area contributed by atoms with E-state index in [0.29, 0.717) is 5.92 Å². The molecule has 1 unspecified atom stereocenters. The van der Waals surface area contributed by atoms with Crippen LogP contribution in [0, 0.1) is 5.92 Å². The number of nitrogens with zero attached hydrogens (tertiary/aromatic N) is 2. The first-order chi connectivity index (χ1) is 8.92. The third-order valence-corrected chi connectivity index (χ3v) is 4.06. The van der Waals surface area contributed by atoms with Crippen LogP contribution < -0.4 is 10.6 Å². The van der Waals surface area contributed by atoms with Gasteiger partial charge in [-0.15, -0.1) is 21.5 Å². The number of hydrogen-bond donors (Lipinski definition) is 2. The van der Waals surface area contributed by atoms with Gasteiger partial charge in [-0.1, -0.05) is 6.07 Å². The molecular formula is C13H16N4S. The Morgan fingerprint density at radius 3 is 3.00 bits per heavy atom. The normalized spacial score (nSPS) is 19.0. The molecule has 2 aromatic rings. The molecule has 0 amide bonds. The Balaban J connectivity index is 1.60. The lowest BCUT2D eigenvalue weighted by atomic mass is 10.1. The third-order valence-electron chi connectivity index (χ3n) is 3.17. The molecule has 2 N–H and O–H groups in total. The first kappa shape index (κ1) is 11.6. The van der Waals surface area contributed by atoms with Crippen molar-refractivity contribution in [2.45, 2.75) is 6.42 Å². The first-order valence-corrected chi connectivity index (χ1v) is 7.12. The summed E-state index contributed by atoms with van der Waals surface area (Å²) in [5.74, 6) is 1.57. The van der Waals surface area contributed by atoms with Gasteiger partial charge < -0.3 is 10.6 Å². The van der Waals surface area contributed by atoms with Crippen molar-refractivity contribution in [1.29, 1.82) is 0 Å². The number of nitrogens with one attached hydrogen (secondary N) is 2. The maximum atomic E-state index is 4.25. The zero-order chi connectivity index (χ0) is 12.2. The molecule has 0 saturated carbocycles. The average Bonchev–Trinajstić information content (AvgIpc) is 3.10. The van der Waals surface area contributed by atoms with E-state index < -0.39 is 0 Å². The Morgan fingerprint density at radius 1 is 1.33 bits per heavy atom. The van der Waals surface area contributed by atoms with Gasteiger partial charge in [-0.2, -0.15) is 0 Å². The summed E-state index contributed by atoms with van der Waals surface area (Å²) in [6, 6.07) is 8.12. The van der Waals surface area contributed by atoms with Gasteiger partial charge in [0.1, 0.15) is 11.5 Å². The molecule has 94 valence electrons. The number of aromatic nitrogens is 2. The summed E-state index contributed by atoms with van der Waals surface area (Å²) in [5.41, 5.74) is 0.943. The van der Waals surface area contributed by atoms with Crippen LogP contribution in [0.3, 0.4) is 0 Å². The van der Waals surface area contributed by atoms with E-state index in [1.54, 1.807) is 11.3 Å². The Hall–Kier alpha value is -1.46. The van der Waals surface area contributed by atoms with Gasteiger partial charge in [0.25, 0.3) is 0 Å². The maximum absolute atomic E-state index is 4.25. The molecule has 1 saturated heterocycles. The highest BCUT2D eigenvalue weighted by Crippen LogP contribution is 2.22.